The summed E-state index contributed by atoms with van der Waals surface area (Å²) in [6.45, 7) is 6.48. The first-order valence-corrected chi connectivity index (χ1v) is 8.07. The molecule has 3 rings (SSSR count). The van der Waals surface area contributed by atoms with Crippen molar-refractivity contribution in [3.63, 3.8) is 0 Å². The largest absolute Gasteiger partial charge is 0.489 e. The van der Waals surface area contributed by atoms with E-state index in [2.05, 4.69) is 17.9 Å². The van der Waals surface area contributed by atoms with Gasteiger partial charge in [-0.25, -0.2) is 0 Å². The fourth-order valence-electron chi connectivity index (χ4n) is 3.07. The second kappa shape index (κ2) is 6.42. The molecule has 5 heteroatoms. The van der Waals surface area contributed by atoms with Crippen molar-refractivity contribution in [1.82, 2.24) is 4.90 Å². The molecule has 1 saturated heterocycles. The molecule has 116 valence electrons. The van der Waals surface area contributed by atoms with Crippen LogP contribution in [0.3, 0.4) is 0 Å². The van der Waals surface area contributed by atoms with Crippen LogP contribution in [-0.2, 0) is 6.54 Å². The summed E-state index contributed by atoms with van der Waals surface area (Å²) in [6.07, 6.45) is 2.07. The minimum absolute atomic E-state index is 0.266. The third kappa shape index (κ3) is 3.44. The zero-order chi connectivity index (χ0) is 14.8. The third-order valence-corrected chi connectivity index (χ3v) is 4.60. The highest BCUT2D eigenvalue weighted by molar-refractivity contribution is 6.32. The Morgan fingerprint density at radius 2 is 2.19 bits per heavy atom. The molecule has 1 aromatic rings. The number of halogens is 1. The first-order valence-electron chi connectivity index (χ1n) is 7.69. The molecule has 1 aromatic carbocycles. The molecule has 2 aliphatic rings. The highest BCUT2D eigenvalue weighted by atomic mass is 35.5. The summed E-state index contributed by atoms with van der Waals surface area (Å²) in [5, 5.41) is 0.646. The lowest BCUT2D eigenvalue weighted by Crippen LogP contribution is -2.29. The molecule has 0 radical (unpaired) electrons. The van der Waals surface area contributed by atoms with E-state index in [9.17, 15) is 0 Å². The van der Waals surface area contributed by atoms with Gasteiger partial charge in [-0.2, -0.15) is 0 Å². The van der Waals surface area contributed by atoms with Crippen molar-refractivity contribution < 1.29 is 9.47 Å². The maximum absolute atomic E-state index is 6.34. The zero-order valence-electron chi connectivity index (χ0n) is 12.5. The predicted molar refractivity (Wildman–Crippen MR) is 84.1 cm³/mol. The minimum Gasteiger partial charge on any atom is -0.489 e. The Hall–Kier alpha value is -0.970. The third-order valence-electron chi connectivity index (χ3n) is 4.32. The number of fused-ring (bicyclic) bond motifs is 1. The van der Waals surface area contributed by atoms with Crippen molar-refractivity contribution in [1.29, 1.82) is 0 Å². The lowest BCUT2D eigenvalue weighted by atomic mass is 10.0. The van der Waals surface area contributed by atoms with Crippen molar-refractivity contribution in [3.05, 3.63) is 22.7 Å². The maximum Gasteiger partial charge on any atom is 0.179 e. The van der Waals surface area contributed by atoms with E-state index in [0.29, 0.717) is 29.9 Å². The summed E-state index contributed by atoms with van der Waals surface area (Å²) in [5.41, 5.74) is 7.18. The van der Waals surface area contributed by atoms with Gasteiger partial charge < -0.3 is 15.2 Å². The average molecular weight is 311 g/mol. The van der Waals surface area contributed by atoms with Crippen LogP contribution in [0, 0.1) is 5.92 Å². The van der Waals surface area contributed by atoms with Gasteiger partial charge in [0.2, 0.25) is 0 Å². The predicted octanol–water partition coefficient (Wildman–Crippen LogP) is 2.67. The van der Waals surface area contributed by atoms with Crippen LogP contribution in [-0.4, -0.2) is 37.2 Å². The topological polar surface area (TPSA) is 47.7 Å². The van der Waals surface area contributed by atoms with Gasteiger partial charge in [0.25, 0.3) is 0 Å². The maximum atomic E-state index is 6.34. The first kappa shape index (κ1) is 14.9. The van der Waals surface area contributed by atoms with Crippen LogP contribution in [0.25, 0.3) is 0 Å². The van der Waals surface area contributed by atoms with Gasteiger partial charge in [-0.15, -0.1) is 0 Å². The Bertz CT molecular complexity index is 507. The Balaban J connectivity index is 1.72. The quantitative estimate of drug-likeness (QED) is 0.932. The molecule has 1 fully saturated rings. The summed E-state index contributed by atoms with van der Waals surface area (Å²) in [7, 11) is 0. The van der Waals surface area contributed by atoms with Crippen molar-refractivity contribution >= 4 is 11.6 Å². The monoisotopic (exact) mass is 310 g/mol. The van der Waals surface area contributed by atoms with Gasteiger partial charge in [0.05, 0.1) is 18.2 Å². The number of nitrogens with zero attached hydrogens (tertiary/aromatic N) is 1. The first-order chi connectivity index (χ1) is 10.1. The molecule has 0 bridgehead atoms. The molecular formula is C16H23ClN2O2. The SMILES string of the molecule is CC(N)C1CCN(Cc2cc(Cl)c3c(c2)OCCCO3)C1. The van der Waals surface area contributed by atoms with E-state index in [1.54, 1.807) is 0 Å². The Morgan fingerprint density at radius 1 is 1.38 bits per heavy atom. The Kier molecular flexibility index (Phi) is 4.57. The molecular weight excluding hydrogens is 288 g/mol. The minimum atomic E-state index is 0.266. The van der Waals surface area contributed by atoms with E-state index < -0.39 is 0 Å². The zero-order valence-corrected chi connectivity index (χ0v) is 13.2. The molecule has 2 atom stereocenters. The van der Waals surface area contributed by atoms with Crippen molar-refractivity contribution in [3.8, 4) is 11.5 Å². The van der Waals surface area contributed by atoms with Gasteiger partial charge in [-0.3, -0.25) is 4.90 Å². The fourth-order valence-corrected chi connectivity index (χ4v) is 3.36. The molecule has 2 heterocycles. The second-order valence-electron chi connectivity index (χ2n) is 6.10. The second-order valence-corrected chi connectivity index (χ2v) is 6.51. The highest BCUT2D eigenvalue weighted by Crippen LogP contribution is 2.38. The van der Waals surface area contributed by atoms with Crippen molar-refractivity contribution in [2.75, 3.05) is 26.3 Å². The van der Waals surface area contributed by atoms with Gasteiger partial charge in [-0.05, 0) is 43.5 Å². The van der Waals surface area contributed by atoms with E-state index in [1.165, 1.54) is 12.0 Å². The van der Waals surface area contributed by atoms with Crippen molar-refractivity contribution in [2.24, 2.45) is 11.7 Å². The highest BCUT2D eigenvalue weighted by Gasteiger charge is 2.25. The van der Waals surface area contributed by atoms with Gasteiger partial charge in [0.15, 0.2) is 11.5 Å². The summed E-state index contributed by atoms with van der Waals surface area (Å²) in [5.74, 6) is 2.06. The number of likely N-dealkylation sites (tertiary alicyclic amines) is 1. The molecule has 0 amide bonds. The summed E-state index contributed by atoms with van der Waals surface area (Å²) >= 11 is 6.34. The lowest BCUT2D eigenvalue weighted by molar-refractivity contribution is 0.296. The average Bonchev–Trinajstić information content (AvgIpc) is 2.76. The fraction of sp³-hybridized carbons (Fsp3) is 0.625. The van der Waals surface area contributed by atoms with Crippen LogP contribution in [0.2, 0.25) is 5.02 Å². The molecule has 0 aromatic heterocycles. The van der Waals surface area contributed by atoms with E-state index in [4.69, 9.17) is 26.8 Å². The molecule has 0 aliphatic carbocycles. The molecule has 4 nitrogen and oxygen atoms in total. The van der Waals surface area contributed by atoms with Gasteiger partial charge >= 0.3 is 0 Å². The van der Waals surface area contributed by atoms with E-state index in [0.717, 1.165) is 31.8 Å². The number of ether oxygens (including phenoxy) is 2. The molecule has 0 saturated carbocycles. The molecule has 0 spiro atoms. The number of nitrogens with two attached hydrogens (primary N) is 1. The van der Waals surface area contributed by atoms with Crippen LogP contribution >= 0.6 is 11.6 Å². The van der Waals surface area contributed by atoms with Crippen LogP contribution in [0.4, 0.5) is 0 Å². The molecule has 2 N–H and O–H groups in total. The Morgan fingerprint density at radius 3 is 2.95 bits per heavy atom. The standard InChI is InChI=1S/C16H23ClN2O2/c1-11(18)13-3-4-19(10-13)9-12-7-14(17)16-15(8-12)20-5-2-6-21-16/h7-8,11,13H,2-6,9-10,18H2,1H3. The molecule has 21 heavy (non-hydrogen) atoms. The van der Waals surface area contributed by atoms with Crippen LogP contribution in [0.15, 0.2) is 12.1 Å². The van der Waals surface area contributed by atoms with Gasteiger partial charge in [0, 0.05) is 25.6 Å². The van der Waals surface area contributed by atoms with Gasteiger partial charge in [0.1, 0.15) is 0 Å². The molecule has 2 unspecified atom stereocenters. The normalized spacial score (nSPS) is 23.9. The number of rotatable bonds is 3. The van der Waals surface area contributed by atoms with Crippen LogP contribution in [0.1, 0.15) is 25.3 Å². The van der Waals surface area contributed by atoms with E-state index in [1.807, 2.05) is 6.07 Å². The number of benzene rings is 1. The summed E-state index contributed by atoms with van der Waals surface area (Å²) < 4.78 is 11.4. The molecule has 2 aliphatic heterocycles. The van der Waals surface area contributed by atoms with Crippen LogP contribution < -0.4 is 15.2 Å². The summed E-state index contributed by atoms with van der Waals surface area (Å²) in [6, 6.07) is 4.32. The lowest BCUT2D eigenvalue weighted by Gasteiger charge is -2.19. The number of hydrogen-bond donors (Lipinski definition) is 1. The Labute approximate surface area is 131 Å². The van der Waals surface area contributed by atoms with E-state index >= 15 is 0 Å². The van der Waals surface area contributed by atoms with Gasteiger partial charge in [-0.1, -0.05) is 11.6 Å². The smallest absolute Gasteiger partial charge is 0.179 e. The number of hydrogen-bond acceptors (Lipinski definition) is 4. The summed E-state index contributed by atoms with van der Waals surface area (Å²) in [4.78, 5) is 2.43. The van der Waals surface area contributed by atoms with Crippen molar-refractivity contribution in [2.45, 2.75) is 32.4 Å². The van der Waals surface area contributed by atoms with Crippen LogP contribution in [0.5, 0.6) is 11.5 Å². The van der Waals surface area contributed by atoms with E-state index in [-0.39, 0.29) is 6.04 Å².